The molecular formula is C15H20BrFO. The van der Waals surface area contributed by atoms with Gasteiger partial charge < -0.3 is 4.74 Å². The molecule has 1 aliphatic rings. The van der Waals surface area contributed by atoms with Gasteiger partial charge in [-0.25, -0.2) is 4.39 Å². The summed E-state index contributed by atoms with van der Waals surface area (Å²) in [5.41, 5.74) is 1.09. The summed E-state index contributed by atoms with van der Waals surface area (Å²) in [4.78, 5) is 0. The molecule has 0 spiro atoms. The maximum absolute atomic E-state index is 13.6. The van der Waals surface area contributed by atoms with Gasteiger partial charge in [-0.3, -0.25) is 0 Å². The first-order valence-electron chi connectivity index (χ1n) is 6.52. The second-order valence-corrected chi connectivity index (χ2v) is 6.83. The van der Waals surface area contributed by atoms with Crippen molar-refractivity contribution in [1.82, 2.24) is 0 Å². The third-order valence-corrected chi connectivity index (χ3v) is 4.27. The molecule has 1 fully saturated rings. The van der Waals surface area contributed by atoms with E-state index in [-0.39, 0.29) is 5.82 Å². The molecule has 2 rings (SSSR count). The highest BCUT2D eigenvalue weighted by Gasteiger charge is 2.27. The summed E-state index contributed by atoms with van der Waals surface area (Å²) in [6.45, 7) is 4.99. The molecule has 100 valence electrons. The van der Waals surface area contributed by atoms with Gasteiger partial charge in [-0.2, -0.15) is 0 Å². The summed E-state index contributed by atoms with van der Waals surface area (Å²) in [6.07, 6.45) is 4.86. The van der Waals surface area contributed by atoms with Gasteiger partial charge in [0.05, 0.1) is 12.7 Å². The molecular weight excluding hydrogens is 295 g/mol. The lowest BCUT2D eigenvalue weighted by Crippen LogP contribution is -2.26. The fraction of sp³-hybridized carbons (Fsp3) is 0.600. The highest BCUT2D eigenvalue weighted by atomic mass is 79.9. The van der Waals surface area contributed by atoms with Crippen LogP contribution in [0.15, 0.2) is 22.7 Å². The van der Waals surface area contributed by atoms with Gasteiger partial charge in [-0.15, -0.1) is 0 Å². The average Bonchev–Trinajstić information content (AvgIpc) is 2.29. The zero-order valence-electron chi connectivity index (χ0n) is 11.0. The highest BCUT2D eigenvalue weighted by molar-refractivity contribution is 9.10. The number of rotatable bonds is 3. The number of hydrogen-bond acceptors (Lipinski definition) is 1. The number of halogens is 2. The van der Waals surface area contributed by atoms with Crippen LogP contribution in [0.2, 0.25) is 0 Å². The minimum absolute atomic E-state index is 0.194. The fourth-order valence-electron chi connectivity index (χ4n) is 2.39. The summed E-state index contributed by atoms with van der Waals surface area (Å²) < 4.78 is 20.2. The fourth-order valence-corrected chi connectivity index (χ4v) is 2.72. The lowest BCUT2D eigenvalue weighted by atomic mass is 9.76. The van der Waals surface area contributed by atoms with Crippen LogP contribution in [0.25, 0.3) is 0 Å². The summed E-state index contributed by atoms with van der Waals surface area (Å²) in [5, 5.41) is 0. The van der Waals surface area contributed by atoms with Crippen LogP contribution in [0, 0.1) is 11.2 Å². The van der Waals surface area contributed by atoms with Crippen LogP contribution in [-0.4, -0.2) is 6.10 Å². The predicted molar refractivity (Wildman–Crippen MR) is 74.9 cm³/mol. The molecule has 0 unspecified atom stereocenters. The lowest BCUT2D eigenvalue weighted by molar-refractivity contribution is -0.00660. The Bertz CT molecular complexity index is 407. The topological polar surface area (TPSA) is 9.23 Å². The Morgan fingerprint density at radius 1 is 1.33 bits per heavy atom. The van der Waals surface area contributed by atoms with Gasteiger partial charge in [0, 0.05) is 10.0 Å². The third kappa shape index (κ3) is 3.79. The van der Waals surface area contributed by atoms with Crippen LogP contribution in [0.1, 0.15) is 45.1 Å². The molecule has 0 bridgehead atoms. The van der Waals surface area contributed by atoms with Crippen LogP contribution in [0.3, 0.4) is 0 Å². The number of ether oxygens (including phenoxy) is 1. The van der Waals surface area contributed by atoms with E-state index in [0.29, 0.717) is 23.7 Å². The van der Waals surface area contributed by atoms with Gasteiger partial charge in [0.2, 0.25) is 0 Å². The van der Waals surface area contributed by atoms with Crippen molar-refractivity contribution < 1.29 is 9.13 Å². The molecule has 0 amide bonds. The largest absolute Gasteiger partial charge is 0.373 e. The van der Waals surface area contributed by atoms with Gasteiger partial charge in [-0.05, 0) is 43.2 Å². The molecule has 0 N–H and O–H groups in total. The second-order valence-electron chi connectivity index (χ2n) is 5.91. The summed E-state index contributed by atoms with van der Waals surface area (Å²) >= 11 is 3.26. The average molecular weight is 315 g/mol. The SMILES string of the molecule is CC1(C)CCC(OCc2ccc(Br)cc2F)CC1. The Morgan fingerprint density at radius 3 is 2.61 bits per heavy atom. The van der Waals surface area contributed by atoms with E-state index in [0.717, 1.165) is 17.3 Å². The van der Waals surface area contributed by atoms with Crippen LogP contribution in [-0.2, 0) is 11.3 Å². The normalized spacial score (nSPS) is 20.0. The van der Waals surface area contributed by atoms with E-state index in [1.165, 1.54) is 18.9 Å². The molecule has 1 aliphatic carbocycles. The zero-order valence-corrected chi connectivity index (χ0v) is 12.6. The Balaban J connectivity index is 1.85. The van der Waals surface area contributed by atoms with E-state index >= 15 is 0 Å². The van der Waals surface area contributed by atoms with Crippen molar-refractivity contribution in [2.24, 2.45) is 5.41 Å². The molecule has 0 saturated heterocycles. The molecule has 0 radical (unpaired) electrons. The number of benzene rings is 1. The van der Waals surface area contributed by atoms with Crippen molar-refractivity contribution in [3.05, 3.63) is 34.1 Å². The maximum Gasteiger partial charge on any atom is 0.129 e. The van der Waals surface area contributed by atoms with E-state index < -0.39 is 0 Å². The molecule has 1 nitrogen and oxygen atoms in total. The van der Waals surface area contributed by atoms with Crippen molar-refractivity contribution in [2.75, 3.05) is 0 Å². The molecule has 3 heteroatoms. The summed E-state index contributed by atoms with van der Waals surface area (Å²) in [5.74, 6) is -0.194. The smallest absolute Gasteiger partial charge is 0.129 e. The van der Waals surface area contributed by atoms with Crippen molar-refractivity contribution in [1.29, 1.82) is 0 Å². The predicted octanol–water partition coefficient (Wildman–Crippen LogP) is 5.07. The molecule has 1 aromatic rings. The van der Waals surface area contributed by atoms with Crippen molar-refractivity contribution in [3.63, 3.8) is 0 Å². The van der Waals surface area contributed by atoms with Gasteiger partial charge in [0.1, 0.15) is 5.82 Å². The van der Waals surface area contributed by atoms with Crippen LogP contribution < -0.4 is 0 Å². The minimum atomic E-state index is -0.194. The standard InChI is InChI=1S/C15H20BrFO/c1-15(2)7-5-13(6-8-15)18-10-11-3-4-12(16)9-14(11)17/h3-4,9,13H,5-8,10H2,1-2H3. The molecule has 1 saturated carbocycles. The van der Waals surface area contributed by atoms with Crippen LogP contribution in [0.4, 0.5) is 4.39 Å². The second kappa shape index (κ2) is 5.70. The van der Waals surface area contributed by atoms with Crippen molar-refractivity contribution in [3.8, 4) is 0 Å². The zero-order chi connectivity index (χ0) is 13.2. The van der Waals surface area contributed by atoms with Gasteiger partial charge >= 0.3 is 0 Å². The van der Waals surface area contributed by atoms with E-state index in [4.69, 9.17) is 4.74 Å². The summed E-state index contributed by atoms with van der Waals surface area (Å²) in [6, 6.07) is 5.13. The van der Waals surface area contributed by atoms with Crippen LogP contribution in [0.5, 0.6) is 0 Å². The van der Waals surface area contributed by atoms with Crippen molar-refractivity contribution in [2.45, 2.75) is 52.2 Å². The Labute approximate surface area is 117 Å². The monoisotopic (exact) mass is 314 g/mol. The first-order chi connectivity index (χ1) is 8.46. The molecule has 0 atom stereocenters. The first kappa shape index (κ1) is 14.0. The summed E-state index contributed by atoms with van der Waals surface area (Å²) in [7, 11) is 0. The van der Waals surface area contributed by atoms with E-state index in [1.54, 1.807) is 6.07 Å². The third-order valence-electron chi connectivity index (χ3n) is 3.78. The Hall–Kier alpha value is -0.410. The molecule has 0 aliphatic heterocycles. The molecule has 0 heterocycles. The van der Waals surface area contributed by atoms with E-state index in [2.05, 4.69) is 29.8 Å². The van der Waals surface area contributed by atoms with E-state index in [9.17, 15) is 4.39 Å². The molecule has 0 aromatic heterocycles. The number of hydrogen-bond donors (Lipinski definition) is 0. The van der Waals surface area contributed by atoms with E-state index in [1.807, 2.05) is 6.07 Å². The van der Waals surface area contributed by atoms with Gasteiger partial charge in [0.25, 0.3) is 0 Å². The lowest BCUT2D eigenvalue weighted by Gasteiger charge is -2.34. The van der Waals surface area contributed by atoms with Gasteiger partial charge in [-0.1, -0.05) is 35.8 Å². The van der Waals surface area contributed by atoms with Crippen LogP contribution >= 0.6 is 15.9 Å². The Kier molecular flexibility index (Phi) is 4.44. The van der Waals surface area contributed by atoms with Crippen molar-refractivity contribution >= 4 is 15.9 Å². The van der Waals surface area contributed by atoms with Gasteiger partial charge in [0.15, 0.2) is 0 Å². The molecule has 1 aromatic carbocycles. The molecule has 18 heavy (non-hydrogen) atoms. The Morgan fingerprint density at radius 2 is 2.00 bits per heavy atom. The first-order valence-corrected chi connectivity index (χ1v) is 7.31. The maximum atomic E-state index is 13.6. The highest BCUT2D eigenvalue weighted by Crippen LogP contribution is 2.36. The minimum Gasteiger partial charge on any atom is -0.373 e. The quantitative estimate of drug-likeness (QED) is 0.756.